The number of aromatic nitrogens is 3. The van der Waals surface area contributed by atoms with Crippen molar-refractivity contribution in [2.24, 2.45) is 0 Å². The van der Waals surface area contributed by atoms with Crippen LogP contribution in [-0.2, 0) is 4.74 Å². The van der Waals surface area contributed by atoms with Crippen molar-refractivity contribution in [1.82, 2.24) is 14.7 Å². The maximum atomic E-state index is 13.9. The first-order valence-electron chi connectivity index (χ1n) is 8.68. The molecule has 0 spiro atoms. The number of ether oxygens (including phenoxy) is 1. The minimum Gasteiger partial charge on any atom is -0.464 e. The Balaban J connectivity index is 2.25. The van der Waals surface area contributed by atoms with E-state index >= 15 is 0 Å². The second kappa shape index (κ2) is 8.05. The van der Waals surface area contributed by atoms with Gasteiger partial charge in [0.15, 0.2) is 22.1 Å². The number of rotatable bonds is 6. The molecule has 0 bridgehead atoms. The number of hydrogen-bond acceptors (Lipinski definition) is 5. The number of halogens is 2. The number of carbonyl (C=O) groups is 1. The van der Waals surface area contributed by atoms with Gasteiger partial charge in [-0.3, -0.25) is 0 Å². The van der Waals surface area contributed by atoms with E-state index in [1.165, 1.54) is 13.2 Å². The molecule has 1 N–H and O–H groups in total. The largest absolute Gasteiger partial charge is 0.464 e. The first kappa shape index (κ1) is 19.9. The van der Waals surface area contributed by atoms with Crippen molar-refractivity contribution in [3.63, 3.8) is 0 Å². The number of hydrogen-bond donors (Lipinski definition) is 1. The summed E-state index contributed by atoms with van der Waals surface area (Å²) in [6, 6.07) is 4.81. The highest BCUT2D eigenvalue weighted by Crippen LogP contribution is 2.32. The highest BCUT2D eigenvalue weighted by atomic mass is 32.1. The fraction of sp³-hybridized carbons (Fsp3) is 0.316. The number of esters is 1. The van der Waals surface area contributed by atoms with E-state index in [-0.39, 0.29) is 10.5 Å². The van der Waals surface area contributed by atoms with Crippen LogP contribution >= 0.6 is 12.2 Å². The average molecular weight is 407 g/mol. The van der Waals surface area contributed by atoms with Crippen LogP contribution in [0.3, 0.4) is 0 Å². The molecule has 3 aromatic rings. The molecule has 148 valence electrons. The van der Waals surface area contributed by atoms with Gasteiger partial charge >= 0.3 is 5.97 Å². The molecule has 0 fully saturated rings. The molecule has 0 aliphatic rings. The van der Waals surface area contributed by atoms with Crippen molar-refractivity contribution < 1.29 is 22.8 Å². The number of nitrogens with one attached hydrogen (secondary N) is 1. The Bertz CT molecular complexity index is 1070. The fourth-order valence-electron chi connectivity index (χ4n) is 3.15. The van der Waals surface area contributed by atoms with E-state index in [1.54, 1.807) is 17.6 Å². The summed E-state index contributed by atoms with van der Waals surface area (Å²) in [7, 11) is 1.26. The first-order valence-corrected chi connectivity index (χ1v) is 9.09. The third-order valence-electron chi connectivity index (χ3n) is 4.39. The van der Waals surface area contributed by atoms with E-state index < -0.39 is 23.6 Å². The van der Waals surface area contributed by atoms with Gasteiger partial charge in [0.05, 0.1) is 13.2 Å². The summed E-state index contributed by atoms with van der Waals surface area (Å²) < 4.78 is 39.1. The lowest BCUT2D eigenvalue weighted by atomic mass is 10.0. The summed E-state index contributed by atoms with van der Waals surface area (Å²) in [5.74, 6) is -1.98. The van der Waals surface area contributed by atoms with Crippen LogP contribution in [-0.4, -0.2) is 27.8 Å². The first-order chi connectivity index (χ1) is 13.4. The van der Waals surface area contributed by atoms with Crippen LogP contribution in [0.2, 0.25) is 0 Å². The third kappa shape index (κ3) is 3.62. The van der Waals surface area contributed by atoms with Crippen LogP contribution in [0.5, 0.6) is 0 Å². The highest BCUT2D eigenvalue weighted by molar-refractivity contribution is 7.71. The molecular weight excluding hydrogens is 388 g/mol. The predicted molar refractivity (Wildman–Crippen MR) is 101 cm³/mol. The van der Waals surface area contributed by atoms with E-state index in [2.05, 4.69) is 10.1 Å². The number of methoxy groups -OCH3 is 1. The molecule has 0 aliphatic carbocycles. The summed E-state index contributed by atoms with van der Waals surface area (Å²) in [4.78, 5) is 15.6. The van der Waals surface area contributed by atoms with Gasteiger partial charge in [-0.05, 0) is 43.3 Å². The lowest BCUT2D eigenvalue weighted by Gasteiger charge is -2.21. The minimum absolute atomic E-state index is 0.143. The Morgan fingerprint density at radius 3 is 2.68 bits per heavy atom. The van der Waals surface area contributed by atoms with Gasteiger partial charge in [-0.25, -0.2) is 13.6 Å². The van der Waals surface area contributed by atoms with Crippen LogP contribution in [0, 0.1) is 23.3 Å². The molecule has 0 radical (unpaired) electrons. The number of carbonyl (C=O) groups excluding carboxylic acids is 1. The second-order valence-corrected chi connectivity index (χ2v) is 6.70. The molecule has 1 aromatic carbocycles. The van der Waals surface area contributed by atoms with Gasteiger partial charge in [0, 0.05) is 6.07 Å². The topological polar surface area (TPSA) is 73.1 Å². The summed E-state index contributed by atoms with van der Waals surface area (Å²) >= 11 is 5.46. The molecule has 0 aliphatic heterocycles. The molecule has 0 saturated carbocycles. The molecule has 28 heavy (non-hydrogen) atoms. The standard InChI is InChI=1S/C19H19F2N3O3S/c1-4-5-15(11-6-7-12(20)13(21)9-11)24-17(18(25)26-3)16(22-19(24)28)14-8-10(2)27-23-14/h6-9,15H,4-5H2,1-3H3,(H,22,28). The molecule has 2 heterocycles. The zero-order chi connectivity index (χ0) is 20.4. The van der Waals surface area contributed by atoms with Gasteiger partial charge in [-0.2, -0.15) is 0 Å². The Morgan fingerprint density at radius 2 is 2.11 bits per heavy atom. The van der Waals surface area contributed by atoms with E-state index in [9.17, 15) is 13.6 Å². The number of imidazole rings is 1. The van der Waals surface area contributed by atoms with Crippen LogP contribution in [0.15, 0.2) is 28.8 Å². The molecule has 2 aromatic heterocycles. The van der Waals surface area contributed by atoms with Gasteiger partial charge in [-0.1, -0.05) is 24.6 Å². The van der Waals surface area contributed by atoms with Crippen molar-refractivity contribution in [3.05, 3.63) is 57.7 Å². The Kier molecular flexibility index (Phi) is 5.73. The van der Waals surface area contributed by atoms with Gasteiger partial charge in [0.1, 0.15) is 17.1 Å². The van der Waals surface area contributed by atoms with E-state index in [1.807, 2.05) is 6.92 Å². The zero-order valence-corrected chi connectivity index (χ0v) is 16.4. The summed E-state index contributed by atoms with van der Waals surface area (Å²) in [6.45, 7) is 3.67. The highest BCUT2D eigenvalue weighted by Gasteiger charge is 2.28. The van der Waals surface area contributed by atoms with Gasteiger partial charge < -0.3 is 18.8 Å². The molecule has 1 unspecified atom stereocenters. The van der Waals surface area contributed by atoms with Gasteiger partial charge in [0.2, 0.25) is 0 Å². The lowest BCUT2D eigenvalue weighted by Crippen LogP contribution is -2.18. The van der Waals surface area contributed by atoms with E-state index in [0.29, 0.717) is 29.1 Å². The van der Waals surface area contributed by atoms with Gasteiger partial charge in [-0.15, -0.1) is 0 Å². The SMILES string of the molecule is CCCC(c1ccc(F)c(F)c1)n1c(C(=O)OC)c(-c2cc(C)on2)[nH]c1=S. The van der Waals surface area contributed by atoms with Crippen molar-refractivity contribution in [1.29, 1.82) is 0 Å². The summed E-state index contributed by atoms with van der Waals surface area (Å²) in [5, 5.41) is 3.94. The molecule has 6 nitrogen and oxygen atoms in total. The number of aryl methyl sites for hydroxylation is 1. The van der Waals surface area contributed by atoms with Crippen LogP contribution in [0.25, 0.3) is 11.4 Å². The van der Waals surface area contributed by atoms with Crippen LogP contribution in [0.1, 0.15) is 47.6 Å². The smallest absolute Gasteiger partial charge is 0.357 e. The minimum atomic E-state index is -0.965. The Labute approximate surface area is 165 Å². The van der Waals surface area contributed by atoms with E-state index in [4.69, 9.17) is 21.5 Å². The van der Waals surface area contributed by atoms with Crippen LogP contribution in [0.4, 0.5) is 8.78 Å². The fourth-order valence-corrected chi connectivity index (χ4v) is 3.47. The molecule has 3 rings (SSSR count). The zero-order valence-electron chi connectivity index (χ0n) is 15.6. The second-order valence-electron chi connectivity index (χ2n) is 6.32. The molecule has 0 saturated heterocycles. The Hall–Kier alpha value is -2.81. The maximum absolute atomic E-state index is 13.9. The van der Waals surface area contributed by atoms with E-state index in [0.717, 1.165) is 18.6 Å². The average Bonchev–Trinajstić information content (AvgIpc) is 3.24. The molecular formula is C19H19F2N3O3S. The molecule has 0 amide bonds. The number of benzene rings is 1. The molecule has 1 atom stereocenters. The van der Waals surface area contributed by atoms with Gasteiger partial charge in [0.25, 0.3) is 0 Å². The van der Waals surface area contributed by atoms with Crippen molar-refractivity contribution in [2.75, 3.05) is 7.11 Å². The van der Waals surface area contributed by atoms with Crippen molar-refractivity contribution in [2.45, 2.75) is 32.7 Å². The van der Waals surface area contributed by atoms with Crippen molar-refractivity contribution in [3.8, 4) is 11.4 Å². The quantitative estimate of drug-likeness (QED) is 0.462. The summed E-state index contributed by atoms with van der Waals surface area (Å²) in [6.07, 6.45) is 1.26. The lowest BCUT2D eigenvalue weighted by molar-refractivity contribution is 0.0587. The Morgan fingerprint density at radius 1 is 1.36 bits per heavy atom. The third-order valence-corrected chi connectivity index (χ3v) is 4.69. The normalized spacial score (nSPS) is 12.2. The number of nitrogens with zero attached hydrogens (tertiary/aromatic N) is 2. The maximum Gasteiger partial charge on any atom is 0.357 e. The molecule has 9 heteroatoms. The number of H-pyrrole nitrogens is 1. The van der Waals surface area contributed by atoms with Crippen LogP contribution < -0.4 is 0 Å². The summed E-state index contributed by atoms with van der Waals surface area (Å²) in [5.41, 5.74) is 1.37. The predicted octanol–water partition coefficient (Wildman–Crippen LogP) is 4.96. The monoisotopic (exact) mass is 407 g/mol. The van der Waals surface area contributed by atoms with Crippen molar-refractivity contribution >= 4 is 18.2 Å². The number of aromatic amines is 1.